The van der Waals surface area contributed by atoms with Crippen LogP contribution in [0.5, 0.6) is 0 Å². The monoisotopic (exact) mass is 299 g/mol. The topological polar surface area (TPSA) is 38.3 Å². The number of rotatable bonds is 5. The molecule has 0 radical (unpaired) electrons. The fourth-order valence-corrected chi connectivity index (χ4v) is 2.30. The number of halogens is 1. The molecule has 1 rings (SSSR count). The lowest BCUT2D eigenvalue weighted by Gasteiger charge is -2.30. The molecule has 0 aliphatic heterocycles. The molecule has 94 valence electrons. The zero-order chi connectivity index (χ0) is 12.9. The number of benzene rings is 1. The molecule has 0 aliphatic rings. The van der Waals surface area contributed by atoms with E-state index in [-0.39, 0.29) is 5.97 Å². The number of ether oxygens (including phenoxy) is 1. The highest BCUT2D eigenvalue weighted by Gasteiger charge is 2.38. The van der Waals surface area contributed by atoms with Gasteiger partial charge in [0, 0.05) is 4.47 Å². The van der Waals surface area contributed by atoms with E-state index in [1.165, 1.54) is 0 Å². The summed E-state index contributed by atoms with van der Waals surface area (Å²) in [5.74, 6) is -0.233. The van der Waals surface area contributed by atoms with Gasteiger partial charge in [-0.15, -0.1) is 0 Å². The first kappa shape index (κ1) is 14.2. The number of carbonyl (C=O) groups is 1. The first-order valence-corrected chi connectivity index (χ1v) is 6.52. The second-order valence-corrected chi connectivity index (χ2v) is 4.66. The van der Waals surface area contributed by atoms with Gasteiger partial charge in [-0.3, -0.25) is 0 Å². The Balaban J connectivity index is 3.19. The molecule has 1 aromatic carbocycles. The van der Waals surface area contributed by atoms with Crippen LogP contribution in [-0.4, -0.2) is 19.6 Å². The zero-order valence-corrected chi connectivity index (χ0v) is 12.0. The summed E-state index contributed by atoms with van der Waals surface area (Å²) in [6.45, 7) is 4.17. The summed E-state index contributed by atoms with van der Waals surface area (Å²) in [7, 11) is 1.78. The minimum atomic E-state index is -0.764. The van der Waals surface area contributed by atoms with E-state index in [0.29, 0.717) is 13.0 Å². The summed E-state index contributed by atoms with van der Waals surface area (Å²) in [6.07, 6.45) is 0.638. The average Bonchev–Trinajstić information content (AvgIpc) is 2.32. The fraction of sp³-hybridized carbons (Fsp3) is 0.462. The van der Waals surface area contributed by atoms with E-state index >= 15 is 0 Å². The van der Waals surface area contributed by atoms with E-state index in [0.717, 1.165) is 10.0 Å². The molecule has 0 saturated carbocycles. The van der Waals surface area contributed by atoms with Crippen LogP contribution in [0.3, 0.4) is 0 Å². The molecule has 0 bridgehead atoms. The molecule has 1 unspecified atom stereocenters. The Morgan fingerprint density at radius 2 is 2.18 bits per heavy atom. The van der Waals surface area contributed by atoms with Crippen LogP contribution < -0.4 is 5.32 Å². The highest BCUT2D eigenvalue weighted by Crippen LogP contribution is 2.28. The molecule has 0 heterocycles. The SMILES string of the molecule is CCOC(=O)C(CC)(NC)c1cccc(Br)c1. The van der Waals surface area contributed by atoms with E-state index < -0.39 is 5.54 Å². The van der Waals surface area contributed by atoms with Crippen LogP contribution in [0.2, 0.25) is 0 Å². The highest BCUT2D eigenvalue weighted by molar-refractivity contribution is 9.10. The van der Waals surface area contributed by atoms with Crippen molar-refractivity contribution in [1.82, 2.24) is 5.32 Å². The van der Waals surface area contributed by atoms with Gasteiger partial charge in [0.25, 0.3) is 0 Å². The van der Waals surface area contributed by atoms with Crippen molar-refractivity contribution in [2.24, 2.45) is 0 Å². The standard InChI is InChI=1S/C13H18BrNO2/c1-4-13(15-3,12(16)17-5-2)10-7-6-8-11(14)9-10/h6-9,15H,4-5H2,1-3H3. The Bertz CT molecular complexity index is 389. The Labute approximate surface area is 111 Å². The van der Waals surface area contributed by atoms with Crippen molar-refractivity contribution < 1.29 is 9.53 Å². The van der Waals surface area contributed by atoms with Crippen molar-refractivity contribution in [1.29, 1.82) is 0 Å². The maximum absolute atomic E-state index is 12.1. The average molecular weight is 300 g/mol. The Morgan fingerprint density at radius 1 is 1.47 bits per heavy atom. The normalized spacial score (nSPS) is 14.1. The number of hydrogen-bond acceptors (Lipinski definition) is 3. The predicted octanol–water partition coefficient (Wildman–Crippen LogP) is 2.84. The van der Waals surface area contributed by atoms with Crippen molar-refractivity contribution >= 4 is 21.9 Å². The quantitative estimate of drug-likeness (QED) is 0.850. The maximum atomic E-state index is 12.1. The fourth-order valence-electron chi connectivity index (χ4n) is 1.90. The first-order valence-electron chi connectivity index (χ1n) is 5.73. The summed E-state index contributed by atoms with van der Waals surface area (Å²) >= 11 is 3.42. The lowest BCUT2D eigenvalue weighted by atomic mass is 9.87. The van der Waals surface area contributed by atoms with Gasteiger partial charge < -0.3 is 10.1 Å². The van der Waals surface area contributed by atoms with Crippen LogP contribution in [0, 0.1) is 0 Å². The van der Waals surface area contributed by atoms with Crippen LogP contribution >= 0.6 is 15.9 Å². The maximum Gasteiger partial charge on any atom is 0.330 e. The smallest absolute Gasteiger partial charge is 0.330 e. The van der Waals surface area contributed by atoms with Crippen molar-refractivity contribution in [2.45, 2.75) is 25.8 Å². The summed E-state index contributed by atoms with van der Waals surface area (Å²) < 4.78 is 6.12. The van der Waals surface area contributed by atoms with Gasteiger partial charge in [-0.25, -0.2) is 4.79 Å². The van der Waals surface area contributed by atoms with E-state index in [4.69, 9.17) is 4.74 Å². The van der Waals surface area contributed by atoms with Crippen LogP contribution in [0.4, 0.5) is 0 Å². The summed E-state index contributed by atoms with van der Waals surface area (Å²) in [5, 5.41) is 3.10. The van der Waals surface area contributed by atoms with Gasteiger partial charge in [0.2, 0.25) is 0 Å². The minimum absolute atomic E-state index is 0.233. The second kappa shape index (κ2) is 6.17. The number of carbonyl (C=O) groups excluding carboxylic acids is 1. The molecule has 0 aliphatic carbocycles. The summed E-state index contributed by atoms with van der Waals surface area (Å²) in [4.78, 5) is 12.1. The van der Waals surface area contributed by atoms with E-state index in [1.807, 2.05) is 38.1 Å². The third-order valence-corrected chi connectivity index (χ3v) is 3.39. The Morgan fingerprint density at radius 3 is 2.65 bits per heavy atom. The molecule has 1 atom stereocenters. The van der Waals surface area contributed by atoms with Crippen molar-refractivity contribution in [3.63, 3.8) is 0 Å². The minimum Gasteiger partial charge on any atom is -0.464 e. The first-order chi connectivity index (χ1) is 8.10. The van der Waals surface area contributed by atoms with Gasteiger partial charge in [-0.2, -0.15) is 0 Å². The largest absolute Gasteiger partial charge is 0.464 e. The third kappa shape index (κ3) is 2.87. The van der Waals surface area contributed by atoms with Gasteiger partial charge in [-0.1, -0.05) is 35.0 Å². The molecular weight excluding hydrogens is 282 g/mol. The van der Waals surface area contributed by atoms with Gasteiger partial charge in [0.15, 0.2) is 0 Å². The molecule has 0 saturated heterocycles. The van der Waals surface area contributed by atoms with Gasteiger partial charge in [-0.05, 0) is 38.1 Å². The zero-order valence-electron chi connectivity index (χ0n) is 10.4. The lowest BCUT2D eigenvalue weighted by molar-refractivity contribution is -0.151. The highest BCUT2D eigenvalue weighted by atomic mass is 79.9. The number of esters is 1. The van der Waals surface area contributed by atoms with Crippen LogP contribution in [-0.2, 0) is 15.1 Å². The van der Waals surface area contributed by atoms with Crippen molar-refractivity contribution in [3.05, 3.63) is 34.3 Å². The van der Waals surface area contributed by atoms with E-state index in [9.17, 15) is 4.79 Å². The lowest BCUT2D eigenvalue weighted by Crippen LogP contribution is -2.48. The van der Waals surface area contributed by atoms with E-state index in [2.05, 4.69) is 21.2 Å². The van der Waals surface area contributed by atoms with Crippen molar-refractivity contribution in [3.8, 4) is 0 Å². The Hall–Kier alpha value is -0.870. The summed E-state index contributed by atoms with van der Waals surface area (Å²) in [6, 6.07) is 7.73. The molecule has 0 fully saturated rings. The van der Waals surface area contributed by atoms with Crippen molar-refractivity contribution in [2.75, 3.05) is 13.7 Å². The second-order valence-electron chi connectivity index (χ2n) is 3.74. The van der Waals surface area contributed by atoms with E-state index in [1.54, 1.807) is 7.05 Å². The number of hydrogen-bond donors (Lipinski definition) is 1. The van der Waals surface area contributed by atoms with Crippen LogP contribution in [0.15, 0.2) is 28.7 Å². The van der Waals surface area contributed by atoms with Crippen LogP contribution in [0.1, 0.15) is 25.8 Å². The van der Waals surface area contributed by atoms with Gasteiger partial charge in [0.05, 0.1) is 6.61 Å². The molecule has 0 amide bonds. The van der Waals surface area contributed by atoms with Crippen LogP contribution in [0.25, 0.3) is 0 Å². The molecule has 4 heteroatoms. The summed E-state index contributed by atoms with van der Waals surface area (Å²) in [5.41, 5.74) is 0.148. The van der Waals surface area contributed by atoms with Gasteiger partial charge >= 0.3 is 5.97 Å². The molecule has 0 aromatic heterocycles. The third-order valence-electron chi connectivity index (χ3n) is 2.90. The molecular formula is C13H18BrNO2. The Kier molecular flexibility index (Phi) is 5.15. The number of likely N-dealkylation sites (N-methyl/N-ethyl adjacent to an activating group) is 1. The van der Waals surface area contributed by atoms with Gasteiger partial charge in [0.1, 0.15) is 5.54 Å². The molecule has 1 N–H and O–H groups in total. The molecule has 1 aromatic rings. The predicted molar refractivity (Wildman–Crippen MR) is 71.8 cm³/mol. The number of nitrogens with one attached hydrogen (secondary N) is 1. The molecule has 3 nitrogen and oxygen atoms in total. The molecule has 17 heavy (non-hydrogen) atoms. The molecule has 0 spiro atoms.